The Bertz CT molecular complexity index is 835. The molecule has 0 aliphatic heterocycles. The van der Waals surface area contributed by atoms with Crippen LogP contribution < -0.4 is 0 Å². The molecular weight excluding hydrogens is 480 g/mol. The molecule has 3 aliphatic carbocycles. The lowest BCUT2D eigenvalue weighted by Crippen LogP contribution is -2.82. The van der Waals surface area contributed by atoms with E-state index in [0.717, 1.165) is 76.9 Å². The summed E-state index contributed by atoms with van der Waals surface area (Å²) in [7, 11) is 0. The Morgan fingerprint density at radius 1 is 0.750 bits per heavy atom. The Morgan fingerprint density at radius 2 is 1.32 bits per heavy atom. The van der Waals surface area contributed by atoms with Crippen LogP contribution in [0.5, 0.6) is 0 Å². The average molecular weight is 557 g/mol. The van der Waals surface area contributed by atoms with Crippen molar-refractivity contribution in [1.82, 2.24) is 0 Å². The van der Waals surface area contributed by atoms with E-state index in [0.29, 0.717) is 21.7 Å². The maximum Gasteiger partial charge on any atom is -0.0122 e. The predicted molar refractivity (Wildman–Crippen MR) is 179 cm³/mol. The summed E-state index contributed by atoms with van der Waals surface area (Å²) in [4.78, 5) is 0. The predicted octanol–water partition coefficient (Wildman–Crippen LogP) is 12.7. The lowest BCUT2D eigenvalue weighted by molar-refractivity contribution is -0.395. The number of rotatable bonds is 13. The molecule has 0 aromatic rings. The SMILES string of the molecule is CCCC(C(C)C1CC2C(C)C3(C(C)C(C(C)C)C3(C)CC)C2(C)C1(C)C)C(CC)C(C)C(C)CC(C)C(C)C. The molecule has 0 amide bonds. The van der Waals surface area contributed by atoms with Crippen LogP contribution in [0.25, 0.3) is 0 Å². The zero-order valence-electron chi connectivity index (χ0n) is 30.7. The second-order valence-electron chi connectivity index (χ2n) is 18.0. The summed E-state index contributed by atoms with van der Waals surface area (Å²) in [6, 6.07) is 0. The van der Waals surface area contributed by atoms with Gasteiger partial charge in [0.2, 0.25) is 0 Å². The highest BCUT2D eigenvalue weighted by molar-refractivity contribution is 5.34. The molecule has 0 aromatic heterocycles. The summed E-state index contributed by atoms with van der Waals surface area (Å²) in [6.07, 6.45) is 8.34. The Labute approximate surface area is 254 Å². The number of fused-ring (bicyclic) bond motifs is 2. The highest BCUT2D eigenvalue weighted by Gasteiger charge is 2.87. The molecule has 0 saturated heterocycles. The summed E-state index contributed by atoms with van der Waals surface area (Å²) in [5, 5.41) is 0. The molecule has 1 spiro atoms. The fraction of sp³-hybridized carbons (Fsp3) is 1.00. The summed E-state index contributed by atoms with van der Waals surface area (Å²) in [5.74, 6) is 10.9. The highest BCUT2D eigenvalue weighted by atomic mass is 14.9. The van der Waals surface area contributed by atoms with Crippen molar-refractivity contribution in [3.8, 4) is 0 Å². The summed E-state index contributed by atoms with van der Waals surface area (Å²) >= 11 is 0. The molecule has 0 bridgehead atoms. The van der Waals surface area contributed by atoms with E-state index in [1.54, 1.807) is 0 Å². The Balaban J connectivity index is 1.96. The third kappa shape index (κ3) is 4.38. The van der Waals surface area contributed by atoms with Gasteiger partial charge in [-0.05, 0) is 118 Å². The normalized spacial score (nSPS) is 43.1. The van der Waals surface area contributed by atoms with Crippen LogP contribution in [0.1, 0.15) is 156 Å². The third-order valence-electron chi connectivity index (χ3n) is 16.5. The monoisotopic (exact) mass is 557 g/mol. The summed E-state index contributed by atoms with van der Waals surface area (Å²) in [5.41, 5.74) is 1.83. The van der Waals surface area contributed by atoms with Crippen molar-refractivity contribution >= 4 is 0 Å². The van der Waals surface area contributed by atoms with E-state index in [1.165, 1.54) is 38.5 Å². The van der Waals surface area contributed by atoms with Crippen LogP contribution in [0.2, 0.25) is 0 Å². The Morgan fingerprint density at radius 3 is 1.77 bits per heavy atom. The Hall–Kier alpha value is 0. The van der Waals surface area contributed by atoms with Crippen molar-refractivity contribution < 1.29 is 0 Å². The summed E-state index contributed by atoms with van der Waals surface area (Å²) < 4.78 is 0. The van der Waals surface area contributed by atoms with Gasteiger partial charge >= 0.3 is 0 Å². The van der Waals surface area contributed by atoms with E-state index in [9.17, 15) is 0 Å². The third-order valence-corrected chi connectivity index (χ3v) is 16.5. The zero-order chi connectivity index (χ0) is 30.7. The standard InChI is InChI=1S/C40H76/c1-18-21-33(32(19-2)28(10)27(9)22-26(8)24(4)5)29(11)34-23-35-30(12)40(39(35,17)37(34,14)15)31(13)36(25(6)7)38(40,16)20-3/h24-36H,18-23H2,1-17H3. The molecule has 0 N–H and O–H groups in total. The van der Waals surface area contributed by atoms with Crippen molar-refractivity contribution in [2.24, 2.45) is 98.6 Å². The van der Waals surface area contributed by atoms with Gasteiger partial charge in [0, 0.05) is 0 Å². The molecule has 0 aromatic carbocycles. The molecule has 0 nitrogen and oxygen atoms in total. The van der Waals surface area contributed by atoms with Crippen LogP contribution in [0.3, 0.4) is 0 Å². The minimum atomic E-state index is 0.390. The first kappa shape index (κ1) is 34.5. The van der Waals surface area contributed by atoms with Gasteiger partial charge in [-0.3, -0.25) is 0 Å². The van der Waals surface area contributed by atoms with Gasteiger partial charge in [-0.25, -0.2) is 0 Å². The van der Waals surface area contributed by atoms with E-state index in [2.05, 4.69) is 118 Å². The van der Waals surface area contributed by atoms with E-state index in [-0.39, 0.29) is 0 Å². The first-order valence-corrected chi connectivity index (χ1v) is 18.4. The van der Waals surface area contributed by atoms with Crippen molar-refractivity contribution in [2.75, 3.05) is 0 Å². The van der Waals surface area contributed by atoms with Crippen LogP contribution in [0, 0.1) is 98.6 Å². The van der Waals surface area contributed by atoms with Crippen LogP contribution in [-0.2, 0) is 0 Å². The summed E-state index contributed by atoms with van der Waals surface area (Å²) in [6.45, 7) is 44.3. The minimum Gasteiger partial charge on any atom is -0.0654 e. The van der Waals surface area contributed by atoms with Gasteiger partial charge in [0.15, 0.2) is 0 Å². The fourth-order valence-electron chi connectivity index (χ4n) is 14.2. The number of hydrogen-bond acceptors (Lipinski definition) is 0. The van der Waals surface area contributed by atoms with E-state index >= 15 is 0 Å². The maximum atomic E-state index is 2.81. The molecule has 40 heavy (non-hydrogen) atoms. The molecule has 14 unspecified atom stereocenters. The molecule has 0 heteroatoms. The molecular formula is C40H76. The van der Waals surface area contributed by atoms with Gasteiger partial charge in [0.1, 0.15) is 0 Å². The van der Waals surface area contributed by atoms with Gasteiger partial charge < -0.3 is 0 Å². The van der Waals surface area contributed by atoms with Crippen LogP contribution in [0.15, 0.2) is 0 Å². The average Bonchev–Trinajstić information content (AvgIpc) is 3.05. The second kappa shape index (κ2) is 11.8. The first-order valence-electron chi connectivity index (χ1n) is 18.4. The van der Waals surface area contributed by atoms with Gasteiger partial charge in [-0.2, -0.15) is 0 Å². The van der Waals surface area contributed by atoms with Crippen LogP contribution in [0.4, 0.5) is 0 Å². The smallest absolute Gasteiger partial charge is 0.0122 e. The molecule has 3 saturated carbocycles. The quantitative estimate of drug-likeness (QED) is 0.211. The van der Waals surface area contributed by atoms with E-state index in [1.807, 2.05) is 0 Å². The maximum absolute atomic E-state index is 2.81. The zero-order valence-corrected chi connectivity index (χ0v) is 30.7. The van der Waals surface area contributed by atoms with Crippen LogP contribution >= 0.6 is 0 Å². The molecule has 3 rings (SSSR count). The van der Waals surface area contributed by atoms with Gasteiger partial charge in [0.25, 0.3) is 0 Å². The highest BCUT2D eigenvalue weighted by Crippen LogP contribution is 2.91. The van der Waals surface area contributed by atoms with Crippen molar-refractivity contribution in [1.29, 1.82) is 0 Å². The number of hydrogen-bond donors (Lipinski definition) is 0. The molecule has 3 fully saturated rings. The van der Waals surface area contributed by atoms with Gasteiger partial charge in [-0.1, -0.05) is 137 Å². The van der Waals surface area contributed by atoms with E-state index < -0.39 is 0 Å². The van der Waals surface area contributed by atoms with Gasteiger partial charge in [-0.15, -0.1) is 0 Å². The molecule has 0 heterocycles. The fourth-order valence-corrected chi connectivity index (χ4v) is 14.2. The first-order chi connectivity index (χ1) is 18.4. The minimum absolute atomic E-state index is 0.390. The topological polar surface area (TPSA) is 0 Å². The molecule has 3 aliphatic rings. The lowest BCUT2D eigenvalue weighted by Gasteiger charge is -2.86. The van der Waals surface area contributed by atoms with Crippen molar-refractivity contribution in [3.63, 3.8) is 0 Å². The second-order valence-corrected chi connectivity index (χ2v) is 18.0. The van der Waals surface area contributed by atoms with Crippen molar-refractivity contribution in [2.45, 2.75) is 156 Å². The Kier molecular flexibility index (Phi) is 10.2. The molecule has 236 valence electrons. The largest absolute Gasteiger partial charge is 0.0654 e. The van der Waals surface area contributed by atoms with Gasteiger partial charge in [0.05, 0.1) is 0 Å². The van der Waals surface area contributed by atoms with Crippen LogP contribution in [-0.4, -0.2) is 0 Å². The lowest BCUT2D eigenvalue weighted by atomic mass is 9.18. The van der Waals surface area contributed by atoms with Crippen molar-refractivity contribution in [3.05, 3.63) is 0 Å². The molecule has 14 atom stereocenters. The molecule has 0 radical (unpaired) electrons. The van der Waals surface area contributed by atoms with E-state index in [4.69, 9.17) is 0 Å².